The number of aromatic nitrogens is 2. The van der Waals surface area contributed by atoms with Crippen molar-refractivity contribution in [3.05, 3.63) is 64.2 Å². The fourth-order valence-electron chi connectivity index (χ4n) is 3.90. The fourth-order valence-corrected chi connectivity index (χ4v) is 5.18. The van der Waals surface area contributed by atoms with Gasteiger partial charge in [-0.3, -0.25) is 19.1 Å². The number of nitrogens with one attached hydrogen (secondary N) is 1. The van der Waals surface area contributed by atoms with E-state index in [0.717, 1.165) is 5.56 Å². The van der Waals surface area contributed by atoms with Crippen molar-refractivity contribution in [2.75, 3.05) is 44.3 Å². The van der Waals surface area contributed by atoms with Gasteiger partial charge in [0.05, 0.1) is 28.1 Å². The summed E-state index contributed by atoms with van der Waals surface area (Å²) in [5, 5.41) is 3.18. The molecule has 1 N–H and O–H groups in total. The van der Waals surface area contributed by atoms with Crippen LogP contribution in [0.25, 0.3) is 16.6 Å². The summed E-state index contributed by atoms with van der Waals surface area (Å²) in [6, 6.07) is 10.4. The second-order valence-electron chi connectivity index (χ2n) is 8.30. The van der Waals surface area contributed by atoms with E-state index in [1.165, 1.54) is 10.9 Å². The van der Waals surface area contributed by atoms with E-state index in [2.05, 4.69) is 15.2 Å². The molecule has 0 radical (unpaired) electrons. The number of rotatable bonds is 7. The maximum Gasteiger partial charge on any atom is 0.265 e. The van der Waals surface area contributed by atoms with E-state index in [1.807, 2.05) is 19.9 Å². The molecule has 0 atom stereocenters. The lowest BCUT2D eigenvalue weighted by Crippen LogP contribution is -2.42. The van der Waals surface area contributed by atoms with Crippen LogP contribution in [0.5, 0.6) is 5.75 Å². The van der Waals surface area contributed by atoms with Crippen LogP contribution in [0.3, 0.4) is 0 Å². The van der Waals surface area contributed by atoms with E-state index in [1.54, 1.807) is 30.3 Å². The van der Waals surface area contributed by atoms with Gasteiger partial charge in [-0.2, -0.15) is 0 Å². The average molecular weight is 485 g/mol. The normalized spacial score (nSPS) is 15.8. The Labute approximate surface area is 198 Å². The molecule has 0 bridgehead atoms. The zero-order valence-corrected chi connectivity index (χ0v) is 20.1. The van der Waals surface area contributed by atoms with Gasteiger partial charge in [-0.15, -0.1) is 0 Å². The van der Waals surface area contributed by atoms with E-state index < -0.39 is 9.84 Å². The van der Waals surface area contributed by atoms with Gasteiger partial charge in [0, 0.05) is 31.7 Å². The van der Waals surface area contributed by atoms with Crippen LogP contribution in [-0.2, 0) is 9.84 Å². The molecule has 34 heavy (non-hydrogen) atoms. The van der Waals surface area contributed by atoms with Crippen LogP contribution in [0.1, 0.15) is 22.8 Å². The van der Waals surface area contributed by atoms with Gasteiger partial charge in [0.1, 0.15) is 18.7 Å². The Balaban J connectivity index is 1.55. The maximum atomic E-state index is 13.3. The second-order valence-corrected chi connectivity index (χ2v) is 10.6. The first-order chi connectivity index (χ1) is 16.3. The zero-order chi connectivity index (χ0) is 24.3. The van der Waals surface area contributed by atoms with E-state index in [4.69, 9.17) is 4.74 Å². The molecule has 9 nitrogen and oxygen atoms in total. The molecule has 3 aromatic rings. The summed E-state index contributed by atoms with van der Waals surface area (Å²) in [6.45, 7) is 6.24. The number of carbonyl (C=O) groups excluding carboxylic acids is 1. The van der Waals surface area contributed by atoms with Crippen LogP contribution in [0.2, 0.25) is 0 Å². The lowest BCUT2D eigenvalue weighted by atomic mass is 10.1. The number of hydrogen-bond donors (Lipinski definition) is 1. The minimum Gasteiger partial charge on any atom is -0.492 e. The molecule has 1 amide bonds. The summed E-state index contributed by atoms with van der Waals surface area (Å²) in [6.07, 6.45) is 1.47. The first-order valence-corrected chi connectivity index (χ1v) is 13.1. The summed E-state index contributed by atoms with van der Waals surface area (Å²) in [5.41, 5.74) is 2.19. The van der Waals surface area contributed by atoms with E-state index in [9.17, 15) is 18.0 Å². The molecule has 1 aromatic heterocycles. The Morgan fingerprint density at radius 3 is 2.65 bits per heavy atom. The minimum atomic E-state index is -2.91. The highest BCUT2D eigenvalue weighted by atomic mass is 32.2. The smallest absolute Gasteiger partial charge is 0.265 e. The average Bonchev–Trinajstić information content (AvgIpc) is 2.81. The van der Waals surface area contributed by atoms with E-state index >= 15 is 0 Å². The number of amides is 1. The third-order valence-electron chi connectivity index (χ3n) is 5.91. The number of nitrogens with zero attached hydrogens (tertiary/aromatic N) is 3. The summed E-state index contributed by atoms with van der Waals surface area (Å²) < 4.78 is 30.4. The number of carbonyl (C=O) groups is 1. The van der Waals surface area contributed by atoms with Crippen LogP contribution < -0.4 is 15.6 Å². The van der Waals surface area contributed by atoms with Crippen molar-refractivity contribution < 1.29 is 17.9 Å². The van der Waals surface area contributed by atoms with Crippen LogP contribution in [0.15, 0.2) is 47.5 Å². The lowest BCUT2D eigenvalue weighted by Gasteiger charge is -2.26. The van der Waals surface area contributed by atoms with Gasteiger partial charge in [0.2, 0.25) is 0 Å². The highest BCUT2D eigenvalue weighted by Crippen LogP contribution is 2.19. The molecule has 1 aliphatic heterocycles. The SMILES string of the molecule is CCNC(=O)c1ccc(C)c(-n2cnc3ccc(OCCN4CCS(=O)(=O)CC4)cc3c2=O)c1. The first-order valence-electron chi connectivity index (χ1n) is 11.2. The molecule has 10 heteroatoms. The summed E-state index contributed by atoms with van der Waals surface area (Å²) in [7, 11) is -2.91. The Morgan fingerprint density at radius 1 is 1.15 bits per heavy atom. The third kappa shape index (κ3) is 5.28. The molecule has 2 heterocycles. The van der Waals surface area contributed by atoms with Gasteiger partial charge in [-0.1, -0.05) is 6.07 Å². The highest BCUT2D eigenvalue weighted by molar-refractivity contribution is 7.91. The molecular weight excluding hydrogens is 456 g/mol. The van der Waals surface area contributed by atoms with Gasteiger partial charge in [0.25, 0.3) is 11.5 Å². The van der Waals surface area contributed by atoms with Crippen molar-refractivity contribution >= 4 is 26.6 Å². The van der Waals surface area contributed by atoms with Crippen molar-refractivity contribution in [3.8, 4) is 11.4 Å². The van der Waals surface area contributed by atoms with Gasteiger partial charge in [-0.25, -0.2) is 13.4 Å². The number of fused-ring (bicyclic) bond motifs is 1. The Kier molecular flexibility index (Phi) is 6.99. The molecule has 0 spiro atoms. The molecule has 1 saturated heterocycles. The van der Waals surface area contributed by atoms with Gasteiger partial charge < -0.3 is 10.1 Å². The highest BCUT2D eigenvalue weighted by Gasteiger charge is 2.21. The molecular formula is C24H28N4O5S. The van der Waals surface area contributed by atoms with E-state index in [0.29, 0.717) is 60.7 Å². The van der Waals surface area contributed by atoms with E-state index in [-0.39, 0.29) is 23.0 Å². The van der Waals surface area contributed by atoms with Crippen LogP contribution in [0.4, 0.5) is 0 Å². The molecule has 180 valence electrons. The lowest BCUT2D eigenvalue weighted by molar-refractivity contribution is 0.0955. The maximum absolute atomic E-state index is 13.3. The Hall–Kier alpha value is -3.24. The number of sulfone groups is 1. The van der Waals surface area contributed by atoms with Crippen molar-refractivity contribution in [1.82, 2.24) is 19.8 Å². The zero-order valence-electron chi connectivity index (χ0n) is 19.3. The van der Waals surface area contributed by atoms with Crippen LogP contribution in [-0.4, -0.2) is 73.1 Å². The second kappa shape index (κ2) is 9.94. The minimum absolute atomic E-state index is 0.176. The van der Waals surface area contributed by atoms with Crippen molar-refractivity contribution in [3.63, 3.8) is 0 Å². The molecule has 0 saturated carbocycles. The summed E-state index contributed by atoms with van der Waals surface area (Å²) >= 11 is 0. The molecule has 0 aliphatic carbocycles. The molecule has 2 aromatic carbocycles. The van der Waals surface area contributed by atoms with Gasteiger partial charge >= 0.3 is 0 Å². The van der Waals surface area contributed by atoms with Crippen molar-refractivity contribution in [1.29, 1.82) is 0 Å². The largest absolute Gasteiger partial charge is 0.492 e. The summed E-state index contributed by atoms with van der Waals surface area (Å²) in [4.78, 5) is 32.1. The Morgan fingerprint density at radius 2 is 1.91 bits per heavy atom. The third-order valence-corrected chi connectivity index (χ3v) is 7.52. The van der Waals surface area contributed by atoms with Crippen molar-refractivity contribution in [2.45, 2.75) is 13.8 Å². The monoisotopic (exact) mass is 484 g/mol. The number of hydrogen-bond acceptors (Lipinski definition) is 7. The number of ether oxygens (including phenoxy) is 1. The van der Waals surface area contributed by atoms with Crippen LogP contribution in [0, 0.1) is 6.92 Å². The quantitative estimate of drug-likeness (QED) is 0.542. The first kappa shape index (κ1) is 23.9. The molecule has 1 aliphatic rings. The predicted octanol–water partition coefficient (Wildman–Crippen LogP) is 1.55. The van der Waals surface area contributed by atoms with Crippen LogP contribution >= 0.6 is 0 Å². The number of benzene rings is 2. The fraction of sp³-hybridized carbons (Fsp3) is 0.375. The summed E-state index contributed by atoms with van der Waals surface area (Å²) in [5.74, 6) is 0.693. The van der Waals surface area contributed by atoms with Gasteiger partial charge in [-0.05, 0) is 49.7 Å². The van der Waals surface area contributed by atoms with Gasteiger partial charge in [0.15, 0.2) is 9.84 Å². The number of aryl methyl sites for hydroxylation is 1. The topological polar surface area (TPSA) is 111 Å². The predicted molar refractivity (Wildman–Crippen MR) is 131 cm³/mol. The standard InChI is InChI=1S/C24H28N4O5S/c1-3-25-23(29)18-5-4-17(2)22(14-18)28-16-26-21-7-6-19(15-20(21)24(28)30)33-11-8-27-9-12-34(31,32)13-10-27/h4-7,14-16H,3,8-13H2,1-2H3,(H,25,29). The molecule has 0 unspecified atom stereocenters. The molecule has 4 rings (SSSR count). The molecule has 1 fully saturated rings. The Bertz CT molecular complexity index is 1370. The van der Waals surface area contributed by atoms with Crippen molar-refractivity contribution in [2.24, 2.45) is 0 Å².